The summed E-state index contributed by atoms with van der Waals surface area (Å²) in [5.74, 6) is -1.45. The summed E-state index contributed by atoms with van der Waals surface area (Å²) >= 11 is 6.02. The number of rotatable bonds is 11. The molecule has 0 aromatic heterocycles. The number of hydrogen-bond donors (Lipinski definition) is 1. The first-order valence-electron chi connectivity index (χ1n) is 14.1. The molecule has 4 aromatic carbocycles. The maximum absolute atomic E-state index is 14.4. The van der Waals surface area contributed by atoms with E-state index < -0.39 is 45.8 Å². The fourth-order valence-corrected chi connectivity index (χ4v) is 6.19. The molecule has 4 rings (SSSR count). The zero-order chi connectivity index (χ0) is 31.9. The summed E-state index contributed by atoms with van der Waals surface area (Å²) in [5, 5.41) is 3.35. The van der Waals surface area contributed by atoms with Gasteiger partial charge in [-0.15, -0.1) is 0 Å². The molecule has 0 saturated heterocycles. The standard InChI is InChI=1S/C34H35ClFN3O4S/c1-34(2,3)37-33(41)31(22-25-10-6-4-7-11-25)38(23-26-14-18-28(36)19-15-26)32(40)24-39(29-12-8-5-9-13-29)44(42,43)30-20-16-27(35)17-21-30/h4-21,31H,22-24H2,1-3H3,(H,37,41)/t31-/m0/s1. The van der Waals surface area contributed by atoms with Crippen molar-refractivity contribution in [1.29, 1.82) is 0 Å². The van der Waals surface area contributed by atoms with Crippen LogP contribution in [-0.4, -0.2) is 43.3 Å². The molecule has 0 radical (unpaired) electrons. The van der Waals surface area contributed by atoms with Crippen LogP contribution in [0.15, 0.2) is 114 Å². The second kappa shape index (κ2) is 14.1. The van der Waals surface area contributed by atoms with E-state index in [9.17, 15) is 22.4 Å². The highest BCUT2D eigenvalue weighted by atomic mass is 35.5. The highest BCUT2D eigenvalue weighted by molar-refractivity contribution is 7.92. The molecule has 0 heterocycles. The quantitative estimate of drug-likeness (QED) is 0.212. The molecular weight excluding hydrogens is 601 g/mol. The lowest BCUT2D eigenvalue weighted by atomic mass is 10.0. The van der Waals surface area contributed by atoms with Crippen LogP contribution in [0, 0.1) is 5.82 Å². The number of amides is 2. The van der Waals surface area contributed by atoms with Crippen molar-refractivity contribution in [3.8, 4) is 0 Å². The van der Waals surface area contributed by atoms with Crippen LogP contribution in [0.5, 0.6) is 0 Å². The van der Waals surface area contributed by atoms with Gasteiger partial charge in [0.2, 0.25) is 11.8 Å². The van der Waals surface area contributed by atoms with Gasteiger partial charge in [0.1, 0.15) is 18.4 Å². The Labute approximate surface area is 263 Å². The summed E-state index contributed by atoms with van der Waals surface area (Å²) in [6.07, 6.45) is 0.172. The van der Waals surface area contributed by atoms with Crippen molar-refractivity contribution in [2.75, 3.05) is 10.8 Å². The second-order valence-corrected chi connectivity index (χ2v) is 13.7. The Morgan fingerprint density at radius 2 is 1.39 bits per heavy atom. The molecule has 0 aliphatic heterocycles. The minimum atomic E-state index is -4.23. The average molecular weight is 636 g/mol. The Morgan fingerprint density at radius 1 is 0.818 bits per heavy atom. The molecule has 1 N–H and O–H groups in total. The molecule has 10 heteroatoms. The van der Waals surface area contributed by atoms with Gasteiger partial charge in [0, 0.05) is 23.5 Å². The molecule has 0 saturated carbocycles. The highest BCUT2D eigenvalue weighted by Gasteiger charge is 2.35. The normalized spacial score (nSPS) is 12.3. The number of sulfonamides is 1. The molecule has 0 aliphatic rings. The summed E-state index contributed by atoms with van der Waals surface area (Å²) < 4.78 is 42.8. The van der Waals surface area contributed by atoms with Crippen LogP contribution in [0.4, 0.5) is 10.1 Å². The number of nitrogens with zero attached hydrogens (tertiary/aromatic N) is 2. The van der Waals surface area contributed by atoms with Crippen molar-refractivity contribution in [2.24, 2.45) is 0 Å². The number of anilines is 1. The Bertz CT molecular complexity index is 1660. The van der Waals surface area contributed by atoms with Gasteiger partial charge in [-0.05, 0) is 80.4 Å². The SMILES string of the molecule is CC(C)(C)NC(=O)[C@H](Cc1ccccc1)N(Cc1ccc(F)cc1)C(=O)CN(c1ccccc1)S(=O)(=O)c1ccc(Cl)cc1. The van der Waals surface area contributed by atoms with Gasteiger partial charge >= 0.3 is 0 Å². The van der Waals surface area contributed by atoms with Crippen molar-refractivity contribution in [2.45, 2.75) is 50.2 Å². The van der Waals surface area contributed by atoms with Crippen LogP contribution in [0.25, 0.3) is 0 Å². The fourth-order valence-electron chi connectivity index (χ4n) is 4.65. The Kier molecular flexibility index (Phi) is 10.4. The average Bonchev–Trinajstić information content (AvgIpc) is 2.98. The molecule has 0 unspecified atom stereocenters. The van der Waals surface area contributed by atoms with Crippen LogP contribution in [0.3, 0.4) is 0 Å². The van der Waals surface area contributed by atoms with Crippen LogP contribution >= 0.6 is 11.6 Å². The zero-order valence-electron chi connectivity index (χ0n) is 24.8. The van der Waals surface area contributed by atoms with Gasteiger partial charge < -0.3 is 10.2 Å². The van der Waals surface area contributed by atoms with Gasteiger partial charge in [-0.25, -0.2) is 12.8 Å². The smallest absolute Gasteiger partial charge is 0.264 e. The first-order chi connectivity index (χ1) is 20.8. The van der Waals surface area contributed by atoms with Crippen LogP contribution in [0.2, 0.25) is 5.02 Å². The molecule has 230 valence electrons. The summed E-state index contributed by atoms with van der Waals surface area (Å²) in [6, 6.07) is 27.9. The predicted octanol–water partition coefficient (Wildman–Crippen LogP) is 6.23. The van der Waals surface area contributed by atoms with E-state index in [1.54, 1.807) is 30.3 Å². The van der Waals surface area contributed by atoms with Crippen molar-refractivity contribution < 1.29 is 22.4 Å². The third-order valence-electron chi connectivity index (χ3n) is 6.76. The van der Waals surface area contributed by atoms with E-state index in [0.29, 0.717) is 10.6 Å². The fraction of sp³-hybridized carbons (Fsp3) is 0.235. The molecule has 7 nitrogen and oxygen atoms in total. The summed E-state index contributed by atoms with van der Waals surface area (Å²) in [7, 11) is -4.23. The molecule has 0 spiro atoms. The molecular formula is C34H35ClFN3O4S. The first kappa shape index (κ1) is 32.7. The largest absolute Gasteiger partial charge is 0.350 e. The lowest BCUT2D eigenvalue weighted by Gasteiger charge is -2.35. The first-order valence-corrected chi connectivity index (χ1v) is 15.9. The monoisotopic (exact) mass is 635 g/mol. The van der Waals surface area contributed by atoms with Crippen molar-refractivity contribution in [3.05, 3.63) is 131 Å². The molecule has 0 bridgehead atoms. The number of benzene rings is 4. The van der Waals surface area contributed by atoms with E-state index in [1.807, 2.05) is 51.1 Å². The number of carbonyl (C=O) groups is 2. The third-order valence-corrected chi connectivity index (χ3v) is 8.80. The lowest BCUT2D eigenvalue weighted by molar-refractivity contribution is -0.140. The van der Waals surface area contributed by atoms with Crippen LogP contribution in [-0.2, 0) is 32.6 Å². The number of halogens is 2. The number of carbonyl (C=O) groups excluding carboxylic acids is 2. The summed E-state index contributed by atoms with van der Waals surface area (Å²) in [6.45, 7) is 4.87. The molecule has 0 fully saturated rings. The van der Waals surface area contributed by atoms with E-state index in [0.717, 1.165) is 9.87 Å². The van der Waals surface area contributed by atoms with E-state index in [2.05, 4.69) is 5.32 Å². The molecule has 1 atom stereocenters. The summed E-state index contributed by atoms with van der Waals surface area (Å²) in [5.41, 5.74) is 1.06. The Hall–Kier alpha value is -4.21. The van der Waals surface area contributed by atoms with Crippen molar-refractivity contribution in [3.63, 3.8) is 0 Å². The van der Waals surface area contributed by atoms with Gasteiger partial charge in [0.25, 0.3) is 10.0 Å². The van der Waals surface area contributed by atoms with E-state index >= 15 is 0 Å². The minimum Gasteiger partial charge on any atom is -0.350 e. The maximum Gasteiger partial charge on any atom is 0.264 e. The molecule has 4 aromatic rings. The molecule has 44 heavy (non-hydrogen) atoms. The number of hydrogen-bond acceptors (Lipinski definition) is 4. The summed E-state index contributed by atoms with van der Waals surface area (Å²) in [4.78, 5) is 29.6. The van der Waals surface area contributed by atoms with Crippen molar-refractivity contribution in [1.82, 2.24) is 10.2 Å². The zero-order valence-corrected chi connectivity index (χ0v) is 26.4. The van der Waals surface area contributed by atoms with E-state index in [4.69, 9.17) is 11.6 Å². The van der Waals surface area contributed by atoms with Gasteiger partial charge in [-0.3, -0.25) is 13.9 Å². The molecule has 2 amide bonds. The van der Waals surface area contributed by atoms with E-state index in [1.165, 1.54) is 53.4 Å². The van der Waals surface area contributed by atoms with Gasteiger partial charge in [-0.1, -0.05) is 72.3 Å². The van der Waals surface area contributed by atoms with Gasteiger partial charge in [0.15, 0.2) is 0 Å². The van der Waals surface area contributed by atoms with Crippen molar-refractivity contribution >= 4 is 39.1 Å². The molecule has 0 aliphatic carbocycles. The topological polar surface area (TPSA) is 86.8 Å². The third kappa shape index (κ3) is 8.67. The van der Waals surface area contributed by atoms with Gasteiger partial charge in [-0.2, -0.15) is 0 Å². The highest BCUT2D eigenvalue weighted by Crippen LogP contribution is 2.26. The number of nitrogens with one attached hydrogen (secondary N) is 1. The predicted molar refractivity (Wildman–Crippen MR) is 171 cm³/mol. The Morgan fingerprint density at radius 3 is 1.95 bits per heavy atom. The maximum atomic E-state index is 14.4. The lowest BCUT2D eigenvalue weighted by Crippen LogP contribution is -2.56. The minimum absolute atomic E-state index is 0.0463. The van der Waals surface area contributed by atoms with Gasteiger partial charge in [0.05, 0.1) is 10.6 Å². The van der Waals surface area contributed by atoms with Crippen LogP contribution in [0.1, 0.15) is 31.9 Å². The van der Waals surface area contributed by atoms with Crippen LogP contribution < -0.4 is 9.62 Å². The van der Waals surface area contributed by atoms with E-state index in [-0.39, 0.29) is 23.5 Å². The Balaban J connectivity index is 1.79. The number of para-hydroxylation sites is 1. The second-order valence-electron chi connectivity index (χ2n) is 11.4.